The molecule has 1 saturated carbocycles. The van der Waals surface area contributed by atoms with Crippen molar-refractivity contribution in [2.24, 2.45) is 5.92 Å². The van der Waals surface area contributed by atoms with Crippen LogP contribution in [0.25, 0.3) is 0 Å². The first kappa shape index (κ1) is 20.0. The Bertz CT molecular complexity index is 652. The number of hydrogen-bond acceptors (Lipinski definition) is 4. The summed E-state index contributed by atoms with van der Waals surface area (Å²) < 4.78 is 64.0. The van der Waals surface area contributed by atoms with E-state index in [0.29, 0.717) is 18.3 Å². The molecule has 2 N–H and O–H groups in total. The largest absolute Gasteiger partial charge is 0.417 e. The van der Waals surface area contributed by atoms with Gasteiger partial charge in [-0.3, -0.25) is 0 Å². The third-order valence-electron chi connectivity index (χ3n) is 4.46. The highest BCUT2D eigenvalue weighted by Gasteiger charge is 2.30. The van der Waals surface area contributed by atoms with Gasteiger partial charge < -0.3 is 5.32 Å². The van der Waals surface area contributed by atoms with Crippen LogP contribution in [0, 0.1) is 5.92 Å². The molecule has 0 bridgehead atoms. The molecule has 0 saturated heterocycles. The molecule has 2 rings (SSSR count). The summed E-state index contributed by atoms with van der Waals surface area (Å²) in [6.07, 6.45) is -0.317. The van der Waals surface area contributed by atoms with Crippen molar-refractivity contribution in [3.8, 4) is 0 Å². The number of anilines is 1. The second-order valence-corrected chi connectivity index (χ2v) is 9.01. The summed E-state index contributed by atoms with van der Waals surface area (Å²) in [5.41, 5.74) is -0.768. The number of sulfonamides is 1. The normalized spacial score (nSPS) is 22.2. The average molecular weight is 379 g/mol. The van der Waals surface area contributed by atoms with Gasteiger partial charge in [0.1, 0.15) is 5.82 Å². The van der Waals surface area contributed by atoms with Crippen molar-refractivity contribution < 1.29 is 21.6 Å². The fraction of sp³-hybridized carbons (Fsp3) is 0.688. The van der Waals surface area contributed by atoms with Crippen LogP contribution in [0.4, 0.5) is 19.0 Å². The lowest BCUT2D eigenvalue weighted by molar-refractivity contribution is -0.137. The van der Waals surface area contributed by atoms with Gasteiger partial charge in [-0.1, -0.05) is 0 Å². The molecule has 1 aromatic rings. The van der Waals surface area contributed by atoms with E-state index in [1.807, 2.05) is 0 Å². The molecule has 1 heterocycles. The minimum Gasteiger partial charge on any atom is -0.370 e. The van der Waals surface area contributed by atoms with Gasteiger partial charge in [0, 0.05) is 18.8 Å². The topological polar surface area (TPSA) is 71.1 Å². The molecule has 0 atom stereocenters. The molecule has 0 radical (unpaired) electrons. The van der Waals surface area contributed by atoms with Gasteiger partial charge in [0.05, 0.1) is 10.8 Å². The molecule has 0 spiro atoms. The van der Waals surface area contributed by atoms with E-state index in [2.05, 4.69) is 15.0 Å². The van der Waals surface area contributed by atoms with E-state index in [1.165, 1.54) is 6.07 Å². The predicted octanol–water partition coefficient (Wildman–Crippen LogP) is 3.40. The summed E-state index contributed by atoms with van der Waals surface area (Å²) in [5, 5.41) is 2.61. The van der Waals surface area contributed by atoms with Gasteiger partial charge in [-0.2, -0.15) is 13.2 Å². The molecule has 0 aromatic carbocycles. The van der Waals surface area contributed by atoms with Crippen LogP contribution in [-0.4, -0.2) is 31.2 Å². The zero-order valence-corrected chi connectivity index (χ0v) is 15.1. The van der Waals surface area contributed by atoms with Crippen molar-refractivity contribution >= 4 is 15.8 Å². The molecule has 142 valence electrons. The Labute approximate surface area is 146 Å². The molecule has 1 aromatic heterocycles. The molecule has 9 heteroatoms. The van der Waals surface area contributed by atoms with Crippen molar-refractivity contribution in [3.05, 3.63) is 23.9 Å². The molecule has 5 nitrogen and oxygen atoms in total. The number of nitrogens with zero attached hydrogens (tertiary/aromatic N) is 1. The fourth-order valence-corrected chi connectivity index (χ4v) is 3.74. The molecule has 1 aliphatic rings. The SMILES string of the molecule is CC(C)S(=O)(=O)N[C@H]1CC[C@H](CNc2ccc(C(F)(F)F)cn2)CC1. The average Bonchev–Trinajstić information content (AvgIpc) is 2.53. The summed E-state index contributed by atoms with van der Waals surface area (Å²) >= 11 is 0. The second-order valence-electron chi connectivity index (χ2n) is 6.74. The molecule has 1 fully saturated rings. The molecular formula is C16H24F3N3O2S. The van der Waals surface area contributed by atoms with Gasteiger partial charge >= 0.3 is 6.18 Å². The maximum absolute atomic E-state index is 12.5. The van der Waals surface area contributed by atoms with E-state index >= 15 is 0 Å². The molecule has 0 aliphatic heterocycles. The lowest BCUT2D eigenvalue weighted by atomic mass is 9.86. The number of pyridine rings is 1. The van der Waals surface area contributed by atoms with Gasteiger partial charge in [-0.15, -0.1) is 0 Å². The van der Waals surface area contributed by atoms with E-state index in [4.69, 9.17) is 0 Å². The van der Waals surface area contributed by atoms with Gasteiger partial charge in [-0.05, 0) is 57.6 Å². The van der Waals surface area contributed by atoms with E-state index in [9.17, 15) is 21.6 Å². The van der Waals surface area contributed by atoms with Crippen LogP contribution >= 0.6 is 0 Å². The van der Waals surface area contributed by atoms with E-state index in [-0.39, 0.29) is 6.04 Å². The van der Waals surface area contributed by atoms with E-state index in [1.54, 1.807) is 13.8 Å². The van der Waals surface area contributed by atoms with Crippen LogP contribution in [0.3, 0.4) is 0 Å². The first-order valence-corrected chi connectivity index (χ1v) is 9.91. The standard InChI is InChI=1S/C16H24F3N3O2S/c1-11(2)25(23,24)22-14-6-3-12(4-7-14)9-20-15-8-5-13(10-21-15)16(17,18)19/h5,8,10-12,14,22H,3-4,6-7,9H2,1-2H3,(H,20,21)/t12-,14-. The summed E-state index contributed by atoms with van der Waals surface area (Å²) in [6.45, 7) is 3.91. The highest BCUT2D eigenvalue weighted by atomic mass is 32.2. The van der Waals surface area contributed by atoms with Crippen LogP contribution in [-0.2, 0) is 16.2 Å². The monoisotopic (exact) mass is 379 g/mol. The molecule has 1 aliphatic carbocycles. The Morgan fingerprint density at radius 2 is 1.84 bits per heavy atom. The first-order chi connectivity index (χ1) is 11.6. The summed E-state index contributed by atoms with van der Waals surface area (Å²) in [7, 11) is -3.25. The Balaban J connectivity index is 1.77. The van der Waals surface area contributed by atoms with Crippen molar-refractivity contribution in [2.45, 2.75) is 57.0 Å². The van der Waals surface area contributed by atoms with E-state index < -0.39 is 27.0 Å². The third-order valence-corrected chi connectivity index (χ3v) is 6.36. The van der Waals surface area contributed by atoms with Crippen molar-refractivity contribution in [1.82, 2.24) is 9.71 Å². The highest BCUT2D eigenvalue weighted by Crippen LogP contribution is 2.29. The number of aromatic nitrogens is 1. The number of alkyl halides is 3. The quantitative estimate of drug-likeness (QED) is 0.795. The molecular weight excluding hydrogens is 355 g/mol. The Morgan fingerprint density at radius 3 is 2.32 bits per heavy atom. The maximum Gasteiger partial charge on any atom is 0.417 e. The lowest BCUT2D eigenvalue weighted by Crippen LogP contribution is -2.41. The Morgan fingerprint density at radius 1 is 1.20 bits per heavy atom. The predicted molar refractivity (Wildman–Crippen MR) is 90.7 cm³/mol. The number of rotatable bonds is 6. The highest BCUT2D eigenvalue weighted by molar-refractivity contribution is 7.90. The molecule has 0 amide bonds. The van der Waals surface area contributed by atoms with Crippen LogP contribution in [0.1, 0.15) is 45.1 Å². The Hall–Kier alpha value is -1.35. The minimum atomic E-state index is -4.38. The number of hydrogen-bond donors (Lipinski definition) is 2. The second kappa shape index (κ2) is 7.90. The minimum absolute atomic E-state index is 0.0344. The van der Waals surface area contributed by atoms with Crippen LogP contribution in [0.15, 0.2) is 18.3 Å². The van der Waals surface area contributed by atoms with Crippen LogP contribution in [0.5, 0.6) is 0 Å². The number of halogens is 3. The first-order valence-electron chi connectivity index (χ1n) is 8.36. The third kappa shape index (κ3) is 5.85. The van der Waals surface area contributed by atoms with Gasteiger partial charge in [-0.25, -0.2) is 18.1 Å². The smallest absolute Gasteiger partial charge is 0.370 e. The van der Waals surface area contributed by atoms with E-state index in [0.717, 1.165) is 37.9 Å². The lowest BCUT2D eigenvalue weighted by Gasteiger charge is -2.29. The Kier molecular flexibility index (Phi) is 6.31. The molecule has 0 unspecified atom stereocenters. The fourth-order valence-electron chi connectivity index (χ4n) is 2.77. The van der Waals surface area contributed by atoms with Gasteiger partial charge in [0.2, 0.25) is 10.0 Å². The zero-order valence-electron chi connectivity index (χ0n) is 14.3. The van der Waals surface area contributed by atoms with Crippen molar-refractivity contribution in [3.63, 3.8) is 0 Å². The molecule has 25 heavy (non-hydrogen) atoms. The summed E-state index contributed by atoms with van der Waals surface area (Å²) in [5.74, 6) is 0.763. The van der Waals surface area contributed by atoms with Crippen molar-refractivity contribution in [1.29, 1.82) is 0 Å². The van der Waals surface area contributed by atoms with Crippen molar-refractivity contribution in [2.75, 3.05) is 11.9 Å². The van der Waals surface area contributed by atoms with Crippen LogP contribution in [0.2, 0.25) is 0 Å². The summed E-state index contributed by atoms with van der Waals surface area (Å²) in [6, 6.07) is 2.30. The van der Waals surface area contributed by atoms with Gasteiger partial charge in [0.15, 0.2) is 0 Å². The number of nitrogens with one attached hydrogen (secondary N) is 2. The van der Waals surface area contributed by atoms with Crippen LogP contribution < -0.4 is 10.0 Å². The summed E-state index contributed by atoms with van der Waals surface area (Å²) in [4.78, 5) is 3.79. The van der Waals surface area contributed by atoms with Gasteiger partial charge in [0.25, 0.3) is 0 Å². The maximum atomic E-state index is 12.5. The zero-order chi connectivity index (χ0) is 18.7.